The van der Waals surface area contributed by atoms with Gasteiger partial charge in [-0.3, -0.25) is 4.79 Å². The van der Waals surface area contributed by atoms with E-state index in [1.54, 1.807) is 0 Å². The number of carbonyl (C=O) groups is 1. The van der Waals surface area contributed by atoms with Crippen molar-refractivity contribution in [1.29, 1.82) is 0 Å². The zero-order valence-corrected chi connectivity index (χ0v) is 10.7. The average molecular weight is 344 g/mol. The summed E-state index contributed by atoms with van der Waals surface area (Å²) in [4.78, 5) is 9.54. The topological polar surface area (TPSA) is 86.7 Å². The van der Waals surface area contributed by atoms with Crippen molar-refractivity contribution in [2.75, 3.05) is 5.75 Å². The standard InChI is InChI=1S/C9H8N4O2S.Ag/c14-8(15)6-16-9(10-12-13-11-9)7-4-2-1-3-5-7;/h1-5H,6H2,(H,14,15);. The molecule has 0 atom stereocenters. The molecule has 1 aromatic carbocycles. The Morgan fingerprint density at radius 2 is 1.82 bits per heavy atom. The summed E-state index contributed by atoms with van der Waals surface area (Å²) in [6.07, 6.45) is 0. The summed E-state index contributed by atoms with van der Waals surface area (Å²) in [5.41, 5.74) is 0.770. The molecule has 1 aliphatic heterocycles. The van der Waals surface area contributed by atoms with Gasteiger partial charge in [-0.15, -0.1) is 10.2 Å². The summed E-state index contributed by atoms with van der Waals surface area (Å²) >= 11 is 1.07. The van der Waals surface area contributed by atoms with Gasteiger partial charge in [0.15, 0.2) is 0 Å². The molecule has 0 spiro atoms. The fourth-order valence-corrected chi connectivity index (χ4v) is 2.07. The predicted octanol–water partition coefficient (Wildman–Crippen LogP) is 2.45. The Morgan fingerprint density at radius 3 is 2.35 bits per heavy atom. The molecule has 17 heavy (non-hydrogen) atoms. The number of carboxylic acid groups (broad SMARTS) is 1. The van der Waals surface area contributed by atoms with Crippen LogP contribution in [0.1, 0.15) is 5.56 Å². The van der Waals surface area contributed by atoms with Gasteiger partial charge in [-0.2, -0.15) is 0 Å². The quantitative estimate of drug-likeness (QED) is 0.851. The van der Waals surface area contributed by atoms with Gasteiger partial charge in [0.05, 0.1) is 5.75 Å². The third-order valence-electron chi connectivity index (χ3n) is 1.95. The van der Waals surface area contributed by atoms with Crippen LogP contribution in [0.3, 0.4) is 0 Å². The molecule has 2 rings (SSSR count). The molecule has 1 aliphatic rings. The normalized spacial score (nSPS) is 15.5. The van der Waals surface area contributed by atoms with Gasteiger partial charge in [0.1, 0.15) is 0 Å². The first-order chi connectivity index (χ1) is 7.73. The molecule has 93 valence electrons. The third kappa shape index (κ3) is 3.22. The van der Waals surface area contributed by atoms with Gasteiger partial charge in [0, 0.05) is 27.9 Å². The molecule has 1 radical (unpaired) electrons. The van der Waals surface area contributed by atoms with E-state index in [1.165, 1.54) is 0 Å². The molecule has 1 heterocycles. The van der Waals surface area contributed by atoms with Gasteiger partial charge in [-0.1, -0.05) is 42.1 Å². The minimum absolute atomic E-state index is 0. The summed E-state index contributed by atoms with van der Waals surface area (Å²) in [6.45, 7) is 0. The molecule has 0 amide bonds. The molecule has 0 fully saturated rings. The molecule has 0 saturated carbocycles. The van der Waals surface area contributed by atoms with E-state index in [1.807, 2.05) is 30.3 Å². The maximum atomic E-state index is 10.6. The van der Waals surface area contributed by atoms with E-state index in [4.69, 9.17) is 5.11 Å². The van der Waals surface area contributed by atoms with Gasteiger partial charge in [-0.25, -0.2) is 0 Å². The monoisotopic (exact) mass is 343 g/mol. The Kier molecular flexibility index (Phi) is 5.01. The summed E-state index contributed by atoms with van der Waals surface area (Å²) in [7, 11) is 0. The van der Waals surface area contributed by atoms with Crippen molar-refractivity contribution in [3.8, 4) is 0 Å². The van der Waals surface area contributed by atoms with Crippen molar-refractivity contribution in [1.82, 2.24) is 0 Å². The Bertz CT molecular complexity index is 440. The van der Waals surface area contributed by atoms with Gasteiger partial charge >= 0.3 is 5.97 Å². The van der Waals surface area contributed by atoms with Crippen LogP contribution in [0.2, 0.25) is 0 Å². The van der Waals surface area contributed by atoms with Crippen LogP contribution in [0, 0.1) is 0 Å². The molecular formula is C9H8AgN4O2S. The van der Waals surface area contributed by atoms with E-state index >= 15 is 0 Å². The Labute approximate surface area is 117 Å². The van der Waals surface area contributed by atoms with Crippen molar-refractivity contribution in [2.45, 2.75) is 4.99 Å². The van der Waals surface area contributed by atoms with Crippen LogP contribution >= 0.6 is 11.8 Å². The van der Waals surface area contributed by atoms with Gasteiger partial charge in [0.2, 0.25) is 0 Å². The van der Waals surface area contributed by atoms with E-state index in [0.717, 1.165) is 17.3 Å². The number of benzene rings is 1. The van der Waals surface area contributed by atoms with Crippen molar-refractivity contribution in [3.05, 3.63) is 35.9 Å². The first kappa shape index (κ1) is 14.0. The molecule has 0 unspecified atom stereocenters. The molecule has 0 saturated heterocycles. The minimum Gasteiger partial charge on any atom is -0.481 e. The SMILES string of the molecule is O=C(O)CSC1(c2ccccc2)N=NN=N1.[Ag]. The molecule has 0 bridgehead atoms. The fraction of sp³-hybridized carbons (Fsp3) is 0.222. The first-order valence-electron chi connectivity index (χ1n) is 4.48. The average Bonchev–Trinajstić information content (AvgIpc) is 2.78. The number of hydrogen-bond acceptors (Lipinski definition) is 6. The fourth-order valence-electron chi connectivity index (χ4n) is 1.26. The second-order valence-electron chi connectivity index (χ2n) is 3.04. The Morgan fingerprint density at radius 1 is 1.24 bits per heavy atom. The van der Waals surface area contributed by atoms with Crippen molar-refractivity contribution in [2.24, 2.45) is 20.7 Å². The van der Waals surface area contributed by atoms with Gasteiger partial charge in [0.25, 0.3) is 4.99 Å². The second-order valence-corrected chi connectivity index (χ2v) is 4.18. The zero-order valence-electron chi connectivity index (χ0n) is 8.45. The third-order valence-corrected chi connectivity index (χ3v) is 3.14. The molecule has 8 heteroatoms. The van der Waals surface area contributed by atoms with E-state index in [0.29, 0.717) is 0 Å². The number of thioether (sulfide) groups is 1. The maximum absolute atomic E-state index is 10.6. The Hall–Kier alpha value is -1.02. The van der Waals surface area contributed by atoms with Crippen LogP contribution in [-0.4, -0.2) is 16.8 Å². The molecule has 6 nitrogen and oxygen atoms in total. The van der Waals surface area contributed by atoms with E-state index in [9.17, 15) is 4.79 Å². The van der Waals surface area contributed by atoms with Crippen LogP contribution < -0.4 is 0 Å². The van der Waals surface area contributed by atoms with Crippen molar-refractivity contribution >= 4 is 17.7 Å². The molecule has 0 aromatic heterocycles. The molecule has 1 N–H and O–H groups in total. The van der Waals surface area contributed by atoms with Crippen LogP contribution in [0.25, 0.3) is 0 Å². The van der Waals surface area contributed by atoms with Crippen molar-refractivity contribution in [3.63, 3.8) is 0 Å². The second kappa shape index (κ2) is 6.06. The summed E-state index contributed by atoms with van der Waals surface area (Å²) in [6, 6.07) is 9.17. The summed E-state index contributed by atoms with van der Waals surface area (Å²) < 4.78 is 0. The van der Waals surface area contributed by atoms with Crippen LogP contribution in [-0.2, 0) is 32.2 Å². The smallest absolute Gasteiger partial charge is 0.313 e. The largest absolute Gasteiger partial charge is 0.481 e. The molecular weight excluding hydrogens is 336 g/mol. The summed E-state index contributed by atoms with van der Waals surface area (Å²) in [5.74, 6) is -1.02. The van der Waals surface area contributed by atoms with E-state index < -0.39 is 11.0 Å². The zero-order chi connectivity index (χ0) is 11.4. The number of rotatable bonds is 4. The van der Waals surface area contributed by atoms with E-state index in [-0.39, 0.29) is 28.1 Å². The van der Waals surface area contributed by atoms with Gasteiger partial charge < -0.3 is 5.11 Å². The minimum atomic E-state index is -1.03. The summed E-state index contributed by atoms with van der Waals surface area (Å²) in [5, 5.41) is 23.4. The van der Waals surface area contributed by atoms with Crippen LogP contribution in [0.5, 0.6) is 0 Å². The predicted molar refractivity (Wildman–Crippen MR) is 57.9 cm³/mol. The number of nitrogens with zero attached hydrogens (tertiary/aromatic N) is 4. The molecule has 1 aromatic rings. The molecule has 0 aliphatic carbocycles. The maximum Gasteiger partial charge on any atom is 0.313 e. The number of aliphatic carboxylic acids is 1. The van der Waals surface area contributed by atoms with Gasteiger partial charge in [-0.05, 0) is 10.4 Å². The first-order valence-corrected chi connectivity index (χ1v) is 5.47. The van der Waals surface area contributed by atoms with Crippen LogP contribution in [0.15, 0.2) is 51.0 Å². The number of hydrogen-bond donors (Lipinski definition) is 1. The number of carboxylic acids is 1. The van der Waals surface area contributed by atoms with E-state index in [2.05, 4.69) is 20.7 Å². The van der Waals surface area contributed by atoms with Crippen LogP contribution in [0.4, 0.5) is 0 Å². The van der Waals surface area contributed by atoms with Crippen molar-refractivity contribution < 1.29 is 32.3 Å². The Balaban J connectivity index is 0.00000144.